The van der Waals surface area contributed by atoms with Gasteiger partial charge in [0.15, 0.2) is 0 Å². The van der Waals surface area contributed by atoms with Crippen LogP contribution < -0.4 is 0 Å². The molecule has 3 rings (SSSR count). The highest BCUT2D eigenvalue weighted by Gasteiger charge is 2.24. The van der Waals surface area contributed by atoms with E-state index in [1.165, 1.54) is 0 Å². The molecule has 0 amide bonds. The molecule has 0 fully saturated rings. The smallest absolute Gasteiger partial charge is 0.313 e. The van der Waals surface area contributed by atoms with E-state index in [-0.39, 0.29) is 0 Å². The first kappa shape index (κ1) is 13.6. The monoisotopic (exact) mass is 301 g/mol. The Morgan fingerprint density at radius 1 is 1.24 bits per heavy atom. The van der Waals surface area contributed by atoms with Crippen LogP contribution in [0.1, 0.15) is 17.2 Å². The van der Waals surface area contributed by atoms with Gasteiger partial charge in [0.25, 0.3) is 0 Å². The van der Waals surface area contributed by atoms with Gasteiger partial charge in [0.2, 0.25) is 0 Å². The standard InChI is InChI=1S/C15H12ClN3O2/c16-11-3-1-10(2-4-11)9-12(15(20)21)14-13-5-6-18-19(13)8-7-17-14/h1-8,12H,9H2,(H,20,21). The number of carboxylic acids is 1. The molecule has 1 unspecified atom stereocenters. The topological polar surface area (TPSA) is 67.5 Å². The molecule has 106 valence electrons. The fraction of sp³-hybridized carbons (Fsp3) is 0.133. The number of carboxylic acid groups (broad SMARTS) is 1. The highest BCUT2D eigenvalue weighted by atomic mass is 35.5. The average molecular weight is 302 g/mol. The lowest BCUT2D eigenvalue weighted by molar-refractivity contribution is -0.138. The van der Waals surface area contributed by atoms with Gasteiger partial charge in [-0.15, -0.1) is 0 Å². The Labute approximate surface area is 125 Å². The first-order valence-corrected chi connectivity index (χ1v) is 6.78. The maximum Gasteiger partial charge on any atom is 0.313 e. The molecule has 0 aliphatic rings. The predicted octanol–water partition coefficient (Wildman–Crippen LogP) is 2.79. The minimum atomic E-state index is -0.910. The van der Waals surface area contributed by atoms with E-state index in [1.54, 1.807) is 41.3 Å². The van der Waals surface area contributed by atoms with Crippen molar-refractivity contribution in [3.8, 4) is 0 Å². The molecule has 1 atom stereocenters. The molecule has 0 saturated carbocycles. The largest absolute Gasteiger partial charge is 0.481 e. The lowest BCUT2D eigenvalue weighted by Gasteiger charge is -2.13. The minimum absolute atomic E-state index is 0.352. The second-order valence-corrected chi connectivity index (χ2v) is 5.13. The summed E-state index contributed by atoms with van der Waals surface area (Å²) in [6, 6.07) is 8.93. The Hall–Kier alpha value is -2.40. The lowest BCUT2D eigenvalue weighted by atomic mass is 9.95. The zero-order valence-corrected chi connectivity index (χ0v) is 11.7. The molecule has 0 bridgehead atoms. The van der Waals surface area contributed by atoms with Crippen molar-refractivity contribution >= 4 is 23.1 Å². The van der Waals surface area contributed by atoms with Crippen LogP contribution in [-0.4, -0.2) is 25.7 Å². The maximum atomic E-state index is 11.6. The molecular weight excluding hydrogens is 290 g/mol. The van der Waals surface area contributed by atoms with E-state index >= 15 is 0 Å². The van der Waals surface area contributed by atoms with Crippen molar-refractivity contribution in [3.05, 3.63) is 65.2 Å². The van der Waals surface area contributed by atoms with Crippen LogP contribution in [0.25, 0.3) is 5.52 Å². The maximum absolute atomic E-state index is 11.6. The van der Waals surface area contributed by atoms with Crippen molar-refractivity contribution in [2.24, 2.45) is 0 Å². The van der Waals surface area contributed by atoms with Crippen LogP contribution in [0.2, 0.25) is 5.02 Å². The summed E-state index contributed by atoms with van der Waals surface area (Å²) in [7, 11) is 0. The van der Waals surface area contributed by atoms with Crippen LogP contribution in [-0.2, 0) is 11.2 Å². The molecular formula is C15H12ClN3O2. The van der Waals surface area contributed by atoms with Crippen LogP contribution in [0.4, 0.5) is 0 Å². The van der Waals surface area contributed by atoms with Crippen LogP contribution in [0, 0.1) is 0 Å². The molecule has 2 heterocycles. The summed E-state index contributed by atoms with van der Waals surface area (Å²) in [5.41, 5.74) is 2.12. The van der Waals surface area contributed by atoms with E-state index in [4.69, 9.17) is 11.6 Å². The summed E-state index contributed by atoms with van der Waals surface area (Å²) in [5, 5.41) is 14.3. The molecule has 0 saturated heterocycles. The van der Waals surface area contributed by atoms with Crippen molar-refractivity contribution in [3.63, 3.8) is 0 Å². The van der Waals surface area contributed by atoms with E-state index in [0.29, 0.717) is 22.7 Å². The van der Waals surface area contributed by atoms with Crippen LogP contribution >= 0.6 is 11.6 Å². The van der Waals surface area contributed by atoms with Gasteiger partial charge in [0, 0.05) is 17.4 Å². The van der Waals surface area contributed by atoms with Crippen molar-refractivity contribution in [2.45, 2.75) is 12.3 Å². The fourth-order valence-electron chi connectivity index (χ4n) is 2.30. The summed E-state index contributed by atoms with van der Waals surface area (Å²) in [4.78, 5) is 15.9. The van der Waals surface area contributed by atoms with Crippen molar-refractivity contribution < 1.29 is 9.90 Å². The summed E-state index contributed by atoms with van der Waals surface area (Å²) in [6.45, 7) is 0. The van der Waals surface area contributed by atoms with Crippen LogP contribution in [0.15, 0.2) is 48.9 Å². The second kappa shape index (κ2) is 5.54. The molecule has 0 aliphatic heterocycles. The average Bonchev–Trinajstić information content (AvgIpc) is 2.95. The summed E-state index contributed by atoms with van der Waals surface area (Å²) < 4.78 is 1.63. The molecule has 1 N–H and O–H groups in total. The van der Waals surface area contributed by atoms with Gasteiger partial charge in [0.05, 0.1) is 17.4 Å². The number of hydrogen-bond donors (Lipinski definition) is 1. The number of hydrogen-bond acceptors (Lipinski definition) is 3. The van der Waals surface area contributed by atoms with Gasteiger partial charge in [-0.25, -0.2) is 4.52 Å². The molecule has 5 nitrogen and oxygen atoms in total. The number of fused-ring (bicyclic) bond motifs is 1. The Kier molecular flexibility index (Phi) is 3.58. The van der Waals surface area contributed by atoms with E-state index < -0.39 is 11.9 Å². The van der Waals surface area contributed by atoms with Gasteiger partial charge in [-0.2, -0.15) is 5.10 Å². The van der Waals surface area contributed by atoms with E-state index in [0.717, 1.165) is 5.56 Å². The number of carbonyl (C=O) groups is 1. The van der Waals surface area contributed by atoms with Gasteiger partial charge in [-0.05, 0) is 30.2 Å². The Bertz CT molecular complexity index is 783. The first-order valence-electron chi connectivity index (χ1n) is 6.40. The van der Waals surface area contributed by atoms with E-state index in [2.05, 4.69) is 10.1 Å². The van der Waals surface area contributed by atoms with Gasteiger partial charge >= 0.3 is 5.97 Å². The third-order valence-corrected chi connectivity index (χ3v) is 3.59. The van der Waals surface area contributed by atoms with E-state index in [1.807, 2.05) is 12.1 Å². The van der Waals surface area contributed by atoms with Gasteiger partial charge < -0.3 is 5.11 Å². The Morgan fingerprint density at radius 3 is 2.71 bits per heavy atom. The Balaban J connectivity index is 2.00. The summed E-state index contributed by atoms with van der Waals surface area (Å²) in [6.07, 6.45) is 5.24. The molecule has 3 aromatic rings. The SMILES string of the molecule is O=C(O)C(Cc1ccc(Cl)cc1)c1nccn2nccc12. The van der Waals surface area contributed by atoms with Gasteiger partial charge in [-0.3, -0.25) is 9.78 Å². The number of rotatable bonds is 4. The summed E-state index contributed by atoms with van der Waals surface area (Å²) in [5.74, 6) is -1.64. The van der Waals surface area contributed by atoms with Crippen molar-refractivity contribution in [2.75, 3.05) is 0 Å². The van der Waals surface area contributed by atoms with Gasteiger partial charge in [0.1, 0.15) is 5.92 Å². The summed E-state index contributed by atoms with van der Waals surface area (Å²) >= 11 is 5.85. The number of nitrogens with zero attached hydrogens (tertiary/aromatic N) is 3. The van der Waals surface area contributed by atoms with E-state index in [9.17, 15) is 9.90 Å². The first-order chi connectivity index (χ1) is 10.1. The molecule has 0 radical (unpaired) electrons. The Morgan fingerprint density at radius 2 is 2.00 bits per heavy atom. The van der Waals surface area contributed by atoms with Crippen molar-refractivity contribution in [1.29, 1.82) is 0 Å². The zero-order chi connectivity index (χ0) is 14.8. The lowest BCUT2D eigenvalue weighted by Crippen LogP contribution is -2.17. The number of halogens is 1. The van der Waals surface area contributed by atoms with Crippen LogP contribution in [0.5, 0.6) is 0 Å². The van der Waals surface area contributed by atoms with Gasteiger partial charge in [-0.1, -0.05) is 23.7 Å². The molecule has 21 heavy (non-hydrogen) atoms. The predicted molar refractivity (Wildman–Crippen MR) is 78.5 cm³/mol. The van der Waals surface area contributed by atoms with Crippen LogP contribution in [0.3, 0.4) is 0 Å². The highest BCUT2D eigenvalue weighted by Crippen LogP contribution is 2.24. The third kappa shape index (κ3) is 2.73. The normalized spacial score (nSPS) is 12.4. The third-order valence-electron chi connectivity index (χ3n) is 3.34. The number of aromatic nitrogens is 3. The molecule has 0 aliphatic carbocycles. The second-order valence-electron chi connectivity index (χ2n) is 4.69. The quantitative estimate of drug-likeness (QED) is 0.804. The fourth-order valence-corrected chi connectivity index (χ4v) is 2.43. The number of benzene rings is 1. The van der Waals surface area contributed by atoms with Crippen molar-refractivity contribution in [1.82, 2.24) is 14.6 Å². The number of aliphatic carboxylic acids is 1. The highest BCUT2D eigenvalue weighted by molar-refractivity contribution is 6.30. The molecule has 6 heteroatoms. The molecule has 1 aromatic carbocycles. The molecule has 0 spiro atoms. The zero-order valence-electron chi connectivity index (χ0n) is 11.0. The molecule has 2 aromatic heterocycles. The minimum Gasteiger partial charge on any atom is -0.481 e.